The number of carbonyl (C=O) groups is 1. The number of fused-ring (bicyclic) bond motifs is 1. The Kier molecular flexibility index (Phi) is 10.5. The molecule has 2 heterocycles. The van der Waals surface area contributed by atoms with Crippen molar-refractivity contribution in [3.8, 4) is 11.6 Å². The highest BCUT2D eigenvalue weighted by Crippen LogP contribution is 2.35. The molecule has 4 aromatic rings. The maximum atomic E-state index is 12.1. The van der Waals surface area contributed by atoms with Crippen LogP contribution in [0.15, 0.2) is 54.6 Å². The van der Waals surface area contributed by atoms with E-state index < -0.39 is 11.8 Å². The van der Waals surface area contributed by atoms with Crippen molar-refractivity contribution in [1.82, 2.24) is 9.97 Å². The van der Waals surface area contributed by atoms with Gasteiger partial charge in [0.1, 0.15) is 12.4 Å². The molecule has 2 aromatic carbocycles. The van der Waals surface area contributed by atoms with Gasteiger partial charge in [-0.05, 0) is 61.4 Å². The van der Waals surface area contributed by atoms with E-state index in [2.05, 4.69) is 23.8 Å². The number of nitrogens with two attached hydrogens (primary N) is 2. The van der Waals surface area contributed by atoms with Crippen molar-refractivity contribution in [2.24, 2.45) is 5.73 Å². The van der Waals surface area contributed by atoms with Gasteiger partial charge in [0.25, 0.3) is 0 Å². The molecule has 0 aliphatic heterocycles. The third-order valence-electron chi connectivity index (χ3n) is 6.65. The van der Waals surface area contributed by atoms with Crippen molar-refractivity contribution < 1.29 is 14.3 Å². The lowest BCUT2D eigenvalue weighted by Crippen LogP contribution is -2.19. The molecule has 0 spiro atoms. The Bertz CT molecular complexity index is 1490. The Hall–Kier alpha value is -4.59. The second-order valence-corrected chi connectivity index (χ2v) is 9.54. The number of methoxy groups -OCH3 is 1. The number of carbonyl (C=O) groups excluding carboxylic acids is 1. The first-order chi connectivity index (χ1) is 19.2. The van der Waals surface area contributed by atoms with Crippen molar-refractivity contribution >= 4 is 40.4 Å². The van der Waals surface area contributed by atoms with E-state index in [9.17, 15) is 4.79 Å². The van der Waals surface area contributed by atoms with Crippen LogP contribution in [0, 0.1) is 5.41 Å². The van der Waals surface area contributed by atoms with Crippen LogP contribution >= 0.6 is 0 Å². The molecular formula is C32H39N5O3. The molecule has 0 aliphatic rings. The van der Waals surface area contributed by atoms with Crippen molar-refractivity contribution in [3.05, 3.63) is 82.7 Å². The average molecular weight is 542 g/mol. The summed E-state index contributed by atoms with van der Waals surface area (Å²) in [6.07, 6.45) is 5.80. The standard InChI is InChI=1S/C28H29N5O3.C4H10/c1-16(23-5-4-6-25(32-23)36-15-18-7-9-19(35-3)10-8-18)13-20-26-21(14-29)22(30)11-12-24(26)33-27(20)17(2)28(31)34;1-3-4-2/h4-14,17,29,33H,15,30H2,1-3H3,(H2,31,34);3-4H2,1-2H3/b16-13+,29-14?;. The van der Waals surface area contributed by atoms with Crippen LogP contribution in [-0.2, 0) is 11.4 Å². The number of pyridine rings is 1. The minimum atomic E-state index is -0.566. The van der Waals surface area contributed by atoms with Gasteiger partial charge in [-0.25, -0.2) is 4.98 Å². The molecule has 2 aromatic heterocycles. The summed E-state index contributed by atoms with van der Waals surface area (Å²) in [4.78, 5) is 20.0. The summed E-state index contributed by atoms with van der Waals surface area (Å²) < 4.78 is 11.1. The SMILES string of the molecule is CCCC.COc1ccc(COc2cccc(/C(C)=C/c3c(C(C)C(N)=O)[nH]c4ccc(N)c(C=N)c34)n2)cc1. The molecule has 1 amide bonds. The van der Waals surface area contributed by atoms with Gasteiger partial charge in [0.15, 0.2) is 0 Å². The first-order valence-electron chi connectivity index (χ1n) is 13.4. The third-order valence-corrected chi connectivity index (χ3v) is 6.65. The van der Waals surface area contributed by atoms with Crippen LogP contribution in [0.5, 0.6) is 11.6 Å². The number of nitrogens with one attached hydrogen (secondary N) is 2. The Balaban J connectivity index is 0.00000103. The van der Waals surface area contributed by atoms with Crippen molar-refractivity contribution in [3.63, 3.8) is 0 Å². The number of amides is 1. The monoisotopic (exact) mass is 541 g/mol. The zero-order valence-corrected chi connectivity index (χ0v) is 23.9. The number of aromatic nitrogens is 2. The van der Waals surface area contributed by atoms with Crippen LogP contribution in [0.25, 0.3) is 22.6 Å². The zero-order valence-electron chi connectivity index (χ0n) is 23.9. The van der Waals surface area contributed by atoms with E-state index in [-0.39, 0.29) is 0 Å². The summed E-state index contributed by atoms with van der Waals surface area (Å²) >= 11 is 0. The van der Waals surface area contributed by atoms with E-state index in [1.54, 1.807) is 26.2 Å². The molecule has 8 nitrogen and oxygen atoms in total. The number of hydrogen-bond donors (Lipinski definition) is 4. The van der Waals surface area contributed by atoms with Crippen LogP contribution in [-0.4, -0.2) is 29.2 Å². The van der Waals surface area contributed by atoms with Gasteiger partial charge >= 0.3 is 0 Å². The summed E-state index contributed by atoms with van der Waals surface area (Å²) in [6, 6.07) is 16.8. The highest BCUT2D eigenvalue weighted by molar-refractivity contribution is 6.09. The minimum absolute atomic E-state index is 0.369. The number of H-pyrrole nitrogens is 1. The van der Waals surface area contributed by atoms with Gasteiger partial charge in [0, 0.05) is 45.7 Å². The number of nitrogen functional groups attached to an aromatic ring is 1. The molecule has 210 valence electrons. The molecule has 0 saturated carbocycles. The predicted molar refractivity (Wildman–Crippen MR) is 164 cm³/mol. The lowest BCUT2D eigenvalue weighted by molar-refractivity contribution is -0.119. The van der Waals surface area contributed by atoms with E-state index >= 15 is 0 Å². The van der Waals surface area contributed by atoms with Gasteiger partial charge in [-0.3, -0.25) is 4.79 Å². The molecule has 1 atom stereocenters. The number of hydrogen-bond acceptors (Lipinski definition) is 6. The van der Waals surface area contributed by atoms with E-state index in [0.29, 0.717) is 29.4 Å². The van der Waals surface area contributed by atoms with E-state index in [1.165, 1.54) is 19.1 Å². The number of unbranched alkanes of at least 4 members (excludes halogenated alkanes) is 1. The fourth-order valence-corrected chi connectivity index (χ4v) is 4.05. The molecule has 8 heteroatoms. The molecule has 0 saturated heterocycles. The van der Waals surface area contributed by atoms with Crippen LogP contribution in [0.2, 0.25) is 0 Å². The second-order valence-electron chi connectivity index (χ2n) is 9.54. The van der Waals surface area contributed by atoms with Crippen LogP contribution in [0.1, 0.15) is 74.5 Å². The predicted octanol–water partition coefficient (Wildman–Crippen LogP) is 6.69. The molecule has 4 rings (SSSR count). The smallest absolute Gasteiger partial charge is 0.226 e. The Morgan fingerprint density at radius 1 is 1.07 bits per heavy atom. The molecule has 40 heavy (non-hydrogen) atoms. The average Bonchev–Trinajstić information content (AvgIpc) is 3.34. The van der Waals surface area contributed by atoms with Gasteiger partial charge in [-0.15, -0.1) is 0 Å². The summed E-state index contributed by atoms with van der Waals surface area (Å²) in [7, 11) is 1.63. The van der Waals surface area contributed by atoms with Gasteiger partial charge < -0.3 is 31.3 Å². The Morgan fingerprint density at radius 3 is 2.38 bits per heavy atom. The fraction of sp³-hybridized carbons (Fsp3) is 0.281. The highest BCUT2D eigenvalue weighted by Gasteiger charge is 2.22. The van der Waals surface area contributed by atoms with Crippen molar-refractivity contribution in [1.29, 1.82) is 5.41 Å². The van der Waals surface area contributed by atoms with Gasteiger partial charge in [0.2, 0.25) is 11.8 Å². The lowest BCUT2D eigenvalue weighted by Gasteiger charge is -2.10. The van der Waals surface area contributed by atoms with E-state index in [1.807, 2.05) is 55.5 Å². The molecule has 0 radical (unpaired) electrons. The summed E-state index contributed by atoms with van der Waals surface area (Å²) in [5, 5.41) is 8.68. The number of ether oxygens (including phenoxy) is 2. The van der Waals surface area contributed by atoms with Gasteiger partial charge in [0.05, 0.1) is 18.7 Å². The first kappa shape index (κ1) is 30.0. The van der Waals surface area contributed by atoms with Gasteiger partial charge in [-0.2, -0.15) is 0 Å². The lowest BCUT2D eigenvalue weighted by atomic mass is 9.96. The molecule has 0 aliphatic carbocycles. The Morgan fingerprint density at radius 2 is 1.77 bits per heavy atom. The molecule has 0 fully saturated rings. The number of rotatable bonds is 10. The normalized spacial score (nSPS) is 11.9. The number of aromatic amines is 1. The topological polar surface area (TPSA) is 140 Å². The van der Waals surface area contributed by atoms with Crippen molar-refractivity contribution in [2.75, 3.05) is 12.8 Å². The van der Waals surface area contributed by atoms with Crippen LogP contribution in [0.4, 0.5) is 5.69 Å². The number of primary amides is 1. The van der Waals surface area contributed by atoms with Crippen LogP contribution < -0.4 is 20.9 Å². The van der Waals surface area contributed by atoms with E-state index in [4.69, 9.17) is 26.4 Å². The number of nitrogens with zero attached hydrogens (tertiary/aromatic N) is 1. The largest absolute Gasteiger partial charge is 0.497 e. The third kappa shape index (κ3) is 7.08. The molecular weight excluding hydrogens is 502 g/mol. The quantitative estimate of drug-likeness (QED) is 0.131. The zero-order chi connectivity index (χ0) is 29.2. The van der Waals surface area contributed by atoms with Gasteiger partial charge in [-0.1, -0.05) is 44.9 Å². The molecule has 1 unspecified atom stereocenters. The number of anilines is 1. The Labute approximate surface area is 235 Å². The maximum Gasteiger partial charge on any atom is 0.226 e. The highest BCUT2D eigenvalue weighted by atomic mass is 16.5. The minimum Gasteiger partial charge on any atom is -0.497 e. The number of allylic oxidation sites excluding steroid dienone is 1. The fourth-order valence-electron chi connectivity index (χ4n) is 4.05. The van der Waals surface area contributed by atoms with Crippen molar-refractivity contribution in [2.45, 2.75) is 53.1 Å². The summed E-state index contributed by atoms with van der Waals surface area (Å²) in [5.41, 5.74) is 17.6. The molecule has 6 N–H and O–H groups in total. The van der Waals surface area contributed by atoms with E-state index in [0.717, 1.165) is 39.0 Å². The summed E-state index contributed by atoms with van der Waals surface area (Å²) in [5.74, 6) is 0.258. The maximum absolute atomic E-state index is 12.1. The second kappa shape index (κ2) is 14.0. The molecule has 0 bridgehead atoms. The van der Waals surface area contributed by atoms with Crippen LogP contribution in [0.3, 0.4) is 0 Å². The summed E-state index contributed by atoms with van der Waals surface area (Å²) in [6.45, 7) is 8.41. The number of benzene rings is 2. The first-order valence-corrected chi connectivity index (χ1v) is 13.4.